The Kier molecular flexibility index (Phi) is 4.17. The fourth-order valence-corrected chi connectivity index (χ4v) is 4.67. The van der Waals surface area contributed by atoms with Gasteiger partial charge in [-0.15, -0.1) is 0 Å². The molecule has 0 N–H and O–H groups in total. The largest absolute Gasteiger partial charge is 0.494 e. The molecule has 3 aromatic carbocycles. The molecule has 0 unspecified atom stereocenters. The van der Waals surface area contributed by atoms with Gasteiger partial charge in [0.2, 0.25) is 0 Å². The molecule has 0 amide bonds. The van der Waals surface area contributed by atoms with Gasteiger partial charge in [0.25, 0.3) is 0 Å². The molecule has 1 aliphatic heterocycles. The number of fused-ring (bicyclic) bond motifs is 2. The number of methoxy groups -OCH3 is 2. The van der Waals surface area contributed by atoms with Gasteiger partial charge in [-0.2, -0.15) is 0 Å². The molecular weight excluding hydrogens is 346 g/mol. The van der Waals surface area contributed by atoms with Gasteiger partial charge >= 0.3 is 0 Å². The lowest BCUT2D eigenvalue weighted by Crippen LogP contribution is -2.20. The SMILES string of the molecule is COc1cc(C)cc(OC)c1N1c2ccccc2S(=O)c2ccccc21. The van der Waals surface area contributed by atoms with Crippen LogP contribution in [0.1, 0.15) is 5.56 Å². The summed E-state index contributed by atoms with van der Waals surface area (Å²) in [7, 11) is 2.07. The number of ether oxygens (including phenoxy) is 2. The van der Waals surface area contributed by atoms with Crippen LogP contribution in [0.4, 0.5) is 17.1 Å². The molecule has 1 heterocycles. The molecule has 4 rings (SSSR count). The number of aryl methyl sites for hydroxylation is 1. The summed E-state index contributed by atoms with van der Waals surface area (Å²) in [6, 6.07) is 19.4. The first-order valence-corrected chi connectivity index (χ1v) is 9.43. The van der Waals surface area contributed by atoms with Crippen molar-refractivity contribution in [1.82, 2.24) is 0 Å². The van der Waals surface area contributed by atoms with Crippen LogP contribution in [0, 0.1) is 6.92 Å². The molecule has 0 aromatic heterocycles. The van der Waals surface area contributed by atoms with Crippen LogP contribution in [0.3, 0.4) is 0 Å². The van der Waals surface area contributed by atoms with Crippen LogP contribution < -0.4 is 14.4 Å². The van der Waals surface area contributed by atoms with Crippen molar-refractivity contribution in [2.45, 2.75) is 16.7 Å². The molecule has 0 atom stereocenters. The highest BCUT2D eigenvalue weighted by Gasteiger charge is 2.32. The zero-order chi connectivity index (χ0) is 18.3. The standard InChI is InChI=1S/C21H19NO3S/c1-14-12-17(24-2)21(18(13-14)25-3)22-15-8-4-6-10-19(15)26(23)20-11-7-5-9-16(20)22/h4-13H,1-3H3. The zero-order valence-corrected chi connectivity index (χ0v) is 15.7. The Morgan fingerprint density at radius 1 is 0.808 bits per heavy atom. The first kappa shape index (κ1) is 16.7. The molecule has 0 fully saturated rings. The Morgan fingerprint density at radius 3 is 1.73 bits per heavy atom. The summed E-state index contributed by atoms with van der Waals surface area (Å²) >= 11 is 0. The smallest absolute Gasteiger partial charge is 0.146 e. The van der Waals surface area contributed by atoms with E-state index < -0.39 is 10.8 Å². The second kappa shape index (κ2) is 6.50. The van der Waals surface area contributed by atoms with E-state index in [-0.39, 0.29) is 0 Å². The molecule has 26 heavy (non-hydrogen) atoms. The quantitative estimate of drug-likeness (QED) is 0.514. The predicted octanol–water partition coefficient (Wildman–Crippen LogP) is 4.96. The molecular formula is C21H19NO3S. The van der Waals surface area contributed by atoms with Crippen LogP contribution in [0.5, 0.6) is 11.5 Å². The number of nitrogens with zero attached hydrogens (tertiary/aromatic N) is 1. The third kappa shape index (κ3) is 2.47. The average Bonchev–Trinajstić information content (AvgIpc) is 2.68. The Labute approximate surface area is 155 Å². The fraction of sp³-hybridized carbons (Fsp3) is 0.143. The Bertz CT molecular complexity index is 941. The maximum absolute atomic E-state index is 13.1. The van der Waals surface area contributed by atoms with E-state index in [0.29, 0.717) is 11.5 Å². The van der Waals surface area contributed by atoms with E-state index in [1.165, 1.54) is 0 Å². The summed E-state index contributed by atoms with van der Waals surface area (Å²) in [5.41, 5.74) is 3.58. The molecule has 132 valence electrons. The summed E-state index contributed by atoms with van der Waals surface area (Å²) in [5, 5.41) is 0. The van der Waals surface area contributed by atoms with Gasteiger partial charge in [-0.25, -0.2) is 4.21 Å². The van der Waals surface area contributed by atoms with E-state index in [0.717, 1.165) is 32.4 Å². The number of para-hydroxylation sites is 2. The average molecular weight is 365 g/mol. The van der Waals surface area contributed by atoms with Gasteiger partial charge in [0, 0.05) is 0 Å². The molecule has 4 nitrogen and oxygen atoms in total. The van der Waals surface area contributed by atoms with Crippen LogP contribution >= 0.6 is 0 Å². The number of rotatable bonds is 3. The van der Waals surface area contributed by atoms with Gasteiger partial charge in [0.15, 0.2) is 0 Å². The molecule has 3 aromatic rings. The monoisotopic (exact) mass is 365 g/mol. The molecule has 0 radical (unpaired) electrons. The van der Waals surface area contributed by atoms with Gasteiger partial charge in [-0.3, -0.25) is 0 Å². The molecule has 0 bridgehead atoms. The molecule has 5 heteroatoms. The van der Waals surface area contributed by atoms with Gasteiger partial charge in [-0.1, -0.05) is 24.3 Å². The first-order chi connectivity index (χ1) is 12.7. The minimum absolute atomic E-state index is 0.708. The normalized spacial score (nSPS) is 13.1. The van der Waals surface area contributed by atoms with Crippen LogP contribution in [0.15, 0.2) is 70.5 Å². The molecule has 0 saturated carbocycles. The van der Waals surface area contributed by atoms with E-state index >= 15 is 0 Å². The van der Waals surface area contributed by atoms with Crippen molar-refractivity contribution in [3.05, 3.63) is 66.2 Å². The van der Waals surface area contributed by atoms with E-state index in [2.05, 4.69) is 4.90 Å². The lowest BCUT2D eigenvalue weighted by molar-refractivity contribution is 0.396. The van der Waals surface area contributed by atoms with Gasteiger partial charge in [0.05, 0.1) is 46.2 Å². The second-order valence-corrected chi connectivity index (χ2v) is 7.47. The van der Waals surface area contributed by atoms with E-state index in [4.69, 9.17) is 9.47 Å². The molecule has 0 aliphatic carbocycles. The first-order valence-electron chi connectivity index (χ1n) is 8.28. The number of anilines is 3. The van der Waals surface area contributed by atoms with Crippen LogP contribution in [0.25, 0.3) is 0 Å². The Hall–Kier alpha value is -2.79. The molecule has 0 saturated heterocycles. The lowest BCUT2D eigenvalue weighted by Gasteiger charge is -2.34. The maximum atomic E-state index is 13.1. The van der Waals surface area contributed by atoms with Crippen molar-refractivity contribution in [3.63, 3.8) is 0 Å². The third-order valence-corrected chi connectivity index (χ3v) is 5.95. The minimum atomic E-state index is -1.23. The highest BCUT2D eigenvalue weighted by atomic mass is 32.2. The van der Waals surface area contributed by atoms with Crippen LogP contribution in [0.2, 0.25) is 0 Å². The van der Waals surface area contributed by atoms with Crippen molar-refractivity contribution < 1.29 is 13.7 Å². The maximum Gasteiger partial charge on any atom is 0.146 e. The minimum Gasteiger partial charge on any atom is -0.494 e. The summed E-state index contributed by atoms with van der Waals surface area (Å²) < 4.78 is 24.4. The summed E-state index contributed by atoms with van der Waals surface area (Å²) in [6.07, 6.45) is 0. The lowest BCUT2D eigenvalue weighted by atomic mass is 10.1. The van der Waals surface area contributed by atoms with Gasteiger partial charge in [-0.05, 0) is 48.9 Å². The third-order valence-electron chi connectivity index (χ3n) is 4.46. The van der Waals surface area contributed by atoms with Crippen molar-refractivity contribution >= 4 is 27.9 Å². The summed E-state index contributed by atoms with van der Waals surface area (Å²) in [6.45, 7) is 2.00. The van der Waals surface area contributed by atoms with Crippen molar-refractivity contribution in [2.75, 3.05) is 19.1 Å². The summed E-state index contributed by atoms with van der Waals surface area (Å²) in [4.78, 5) is 3.62. The van der Waals surface area contributed by atoms with Crippen molar-refractivity contribution in [2.24, 2.45) is 0 Å². The Morgan fingerprint density at radius 2 is 1.27 bits per heavy atom. The topological polar surface area (TPSA) is 38.8 Å². The van der Waals surface area contributed by atoms with Crippen LogP contribution in [-0.2, 0) is 10.8 Å². The van der Waals surface area contributed by atoms with E-state index in [1.807, 2.05) is 67.6 Å². The fourth-order valence-electron chi connectivity index (χ4n) is 3.33. The van der Waals surface area contributed by atoms with E-state index in [1.54, 1.807) is 14.2 Å². The van der Waals surface area contributed by atoms with Gasteiger partial charge in [0.1, 0.15) is 17.2 Å². The zero-order valence-electron chi connectivity index (χ0n) is 14.9. The molecule has 1 aliphatic rings. The molecule has 0 spiro atoms. The van der Waals surface area contributed by atoms with Gasteiger partial charge < -0.3 is 14.4 Å². The highest BCUT2D eigenvalue weighted by Crippen LogP contribution is 2.52. The summed E-state index contributed by atoms with van der Waals surface area (Å²) in [5.74, 6) is 1.42. The second-order valence-electron chi connectivity index (χ2n) is 6.06. The van der Waals surface area contributed by atoms with Crippen molar-refractivity contribution in [1.29, 1.82) is 0 Å². The number of hydrogen-bond donors (Lipinski definition) is 0. The highest BCUT2D eigenvalue weighted by molar-refractivity contribution is 7.85. The van der Waals surface area contributed by atoms with Crippen molar-refractivity contribution in [3.8, 4) is 11.5 Å². The van der Waals surface area contributed by atoms with Crippen LogP contribution in [-0.4, -0.2) is 18.4 Å². The predicted molar refractivity (Wildman–Crippen MR) is 104 cm³/mol. The van der Waals surface area contributed by atoms with E-state index in [9.17, 15) is 4.21 Å². The number of hydrogen-bond acceptors (Lipinski definition) is 4. The Balaban J connectivity index is 2.08. The number of benzene rings is 3.